The molecule has 0 radical (unpaired) electrons. The number of nitrogens with one attached hydrogen (secondary N) is 1. The summed E-state index contributed by atoms with van der Waals surface area (Å²) in [5, 5.41) is 3.45. The van der Waals surface area contributed by atoms with E-state index < -0.39 is 0 Å². The molecule has 0 amide bonds. The van der Waals surface area contributed by atoms with Crippen LogP contribution < -0.4 is 5.32 Å². The van der Waals surface area contributed by atoms with Crippen LogP contribution in [-0.2, 0) is 4.74 Å². The van der Waals surface area contributed by atoms with Crippen LogP contribution in [0.2, 0.25) is 0 Å². The molecule has 1 saturated heterocycles. The zero-order chi connectivity index (χ0) is 11.1. The molecule has 0 aliphatic carbocycles. The van der Waals surface area contributed by atoms with Crippen LogP contribution in [0.15, 0.2) is 0 Å². The van der Waals surface area contributed by atoms with Crippen molar-refractivity contribution in [1.82, 2.24) is 10.2 Å². The normalized spacial score (nSPS) is 24.3. The first-order chi connectivity index (χ1) is 7.27. The lowest BCUT2D eigenvalue weighted by atomic mass is 10.1. The average Bonchev–Trinajstić information content (AvgIpc) is 2.24. The highest BCUT2D eigenvalue weighted by Crippen LogP contribution is 2.09. The Morgan fingerprint density at radius 2 is 2.40 bits per heavy atom. The van der Waals surface area contributed by atoms with Crippen LogP contribution in [0, 0.1) is 11.8 Å². The van der Waals surface area contributed by atoms with E-state index in [1.165, 1.54) is 0 Å². The summed E-state index contributed by atoms with van der Waals surface area (Å²) in [6.07, 6.45) is 1.16. The summed E-state index contributed by atoms with van der Waals surface area (Å²) >= 11 is 0. The molecule has 0 aromatic carbocycles. The maximum atomic E-state index is 5.79. The van der Waals surface area contributed by atoms with E-state index in [0.717, 1.165) is 32.7 Å². The fourth-order valence-corrected chi connectivity index (χ4v) is 1.86. The number of hydrogen-bond donors (Lipinski definition) is 1. The molecule has 1 aliphatic heterocycles. The minimum atomic E-state index is 0.282. The van der Waals surface area contributed by atoms with Gasteiger partial charge in [0.25, 0.3) is 0 Å². The first kappa shape index (κ1) is 12.5. The van der Waals surface area contributed by atoms with Gasteiger partial charge in [-0.15, -0.1) is 11.8 Å². The Labute approximate surface area is 93.2 Å². The Morgan fingerprint density at radius 3 is 3.00 bits per heavy atom. The molecule has 2 atom stereocenters. The summed E-state index contributed by atoms with van der Waals surface area (Å²) in [6.45, 7) is 7.86. The number of nitrogens with zero attached hydrogens (tertiary/aromatic N) is 1. The molecule has 1 rings (SSSR count). The van der Waals surface area contributed by atoms with E-state index in [1.54, 1.807) is 0 Å². The number of rotatable bonds is 4. The van der Waals surface area contributed by atoms with Gasteiger partial charge in [0.15, 0.2) is 0 Å². The maximum Gasteiger partial charge on any atom is 0.0864 e. The monoisotopic (exact) mass is 210 g/mol. The van der Waals surface area contributed by atoms with Gasteiger partial charge >= 0.3 is 0 Å². The Balaban J connectivity index is 2.47. The standard InChI is InChI=1S/C12H22N2O/c1-4-6-7-11(13-5-2)12-10-14(3)8-9-15-12/h11-13H,5,7-10H2,1-3H3. The van der Waals surface area contributed by atoms with Crippen molar-refractivity contribution in [2.45, 2.75) is 32.4 Å². The van der Waals surface area contributed by atoms with Crippen molar-refractivity contribution >= 4 is 0 Å². The van der Waals surface area contributed by atoms with E-state index in [9.17, 15) is 0 Å². The topological polar surface area (TPSA) is 24.5 Å². The highest BCUT2D eigenvalue weighted by molar-refractivity contribution is 5.00. The Kier molecular flexibility index (Phi) is 5.70. The fraction of sp³-hybridized carbons (Fsp3) is 0.833. The van der Waals surface area contributed by atoms with Crippen LogP contribution in [0.5, 0.6) is 0 Å². The SMILES string of the molecule is CC#CCC(NCC)C1CN(C)CCO1. The number of hydrogen-bond acceptors (Lipinski definition) is 3. The molecule has 3 nitrogen and oxygen atoms in total. The number of ether oxygens (including phenoxy) is 1. The van der Waals surface area contributed by atoms with E-state index in [-0.39, 0.29) is 6.10 Å². The van der Waals surface area contributed by atoms with Crippen molar-refractivity contribution < 1.29 is 4.74 Å². The molecule has 0 spiro atoms. The quantitative estimate of drug-likeness (QED) is 0.692. The van der Waals surface area contributed by atoms with Crippen molar-refractivity contribution in [2.24, 2.45) is 0 Å². The minimum absolute atomic E-state index is 0.282. The molecule has 0 aromatic heterocycles. The largest absolute Gasteiger partial charge is 0.374 e. The van der Waals surface area contributed by atoms with Crippen molar-refractivity contribution in [3.8, 4) is 11.8 Å². The van der Waals surface area contributed by atoms with Gasteiger partial charge in [-0.3, -0.25) is 0 Å². The van der Waals surface area contributed by atoms with Gasteiger partial charge in [0.2, 0.25) is 0 Å². The molecule has 0 bridgehead atoms. The predicted octanol–water partition coefficient (Wildman–Crippen LogP) is 0.709. The molecule has 2 unspecified atom stereocenters. The highest BCUT2D eigenvalue weighted by atomic mass is 16.5. The second-order valence-electron chi connectivity index (χ2n) is 3.97. The summed E-state index contributed by atoms with van der Waals surface area (Å²) in [6, 6.07) is 0.366. The van der Waals surface area contributed by atoms with Gasteiger partial charge in [-0.25, -0.2) is 0 Å². The maximum absolute atomic E-state index is 5.79. The molecule has 1 N–H and O–H groups in total. The van der Waals surface area contributed by atoms with E-state index in [4.69, 9.17) is 4.74 Å². The zero-order valence-corrected chi connectivity index (χ0v) is 10.0. The third-order valence-electron chi connectivity index (χ3n) is 2.71. The van der Waals surface area contributed by atoms with Gasteiger partial charge in [0.05, 0.1) is 12.7 Å². The molecule has 0 saturated carbocycles. The molecule has 3 heteroatoms. The Morgan fingerprint density at radius 1 is 1.60 bits per heavy atom. The molecule has 86 valence electrons. The average molecular weight is 210 g/mol. The number of morpholine rings is 1. The van der Waals surface area contributed by atoms with Crippen LogP contribution >= 0.6 is 0 Å². The second-order valence-corrected chi connectivity index (χ2v) is 3.97. The molecule has 0 aromatic rings. The van der Waals surface area contributed by atoms with Gasteiger partial charge in [-0.2, -0.15) is 0 Å². The molecule has 15 heavy (non-hydrogen) atoms. The van der Waals surface area contributed by atoms with Crippen LogP contribution in [0.3, 0.4) is 0 Å². The van der Waals surface area contributed by atoms with Crippen LogP contribution in [0.4, 0.5) is 0 Å². The van der Waals surface area contributed by atoms with Gasteiger partial charge in [0, 0.05) is 25.6 Å². The summed E-state index contributed by atoms with van der Waals surface area (Å²) in [5.74, 6) is 6.08. The molecular formula is C12H22N2O. The Bertz CT molecular complexity index is 232. The smallest absolute Gasteiger partial charge is 0.0864 e. The van der Waals surface area contributed by atoms with Crippen molar-refractivity contribution in [1.29, 1.82) is 0 Å². The first-order valence-corrected chi connectivity index (χ1v) is 5.71. The lowest BCUT2D eigenvalue weighted by molar-refractivity contribution is -0.0373. The third kappa shape index (κ3) is 4.21. The summed E-state index contributed by atoms with van der Waals surface area (Å²) in [5.41, 5.74) is 0. The zero-order valence-electron chi connectivity index (χ0n) is 10.0. The molecular weight excluding hydrogens is 188 g/mol. The van der Waals surface area contributed by atoms with Gasteiger partial charge in [-0.05, 0) is 20.5 Å². The van der Waals surface area contributed by atoms with E-state index in [1.807, 2.05) is 6.92 Å². The number of likely N-dealkylation sites (N-methyl/N-ethyl adjacent to an activating group) is 2. The van der Waals surface area contributed by atoms with Crippen molar-refractivity contribution in [3.63, 3.8) is 0 Å². The van der Waals surface area contributed by atoms with Gasteiger partial charge in [-0.1, -0.05) is 6.92 Å². The first-order valence-electron chi connectivity index (χ1n) is 5.71. The summed E-state index contributed by atoms with van der Waals surface area (Å²) in [7, 11) is 2.14. The molecule has 1 fully saturated rings. The minimum Gasteiger partial charge on any atom is -0.374 e. The van der Waals surface area contributed by atoms with Gasteiger partial charge in [0.1, 0.15) is 0 Å². The van der Waals surface area contributed by atoms with E-state index in [0.29, 0.717) is 6.04 Å². The highest BCUT2D eigenvalue weighted by Gasteiger charge is 2.25. The van der Waals surface area contributed by atoms with Crippen LogP contribution in [0.25, 0.3) is 0 Å². The van der Waals surface area contributed by atoms with E-state index in [2.05, 4.69) is 36.0 Å². The summed E-state index contributed by atoms with van der Waals surface area (Å²) in [4.78, 5) is 2.32. The van der Waals surface area contributed by atoms with Crippen LogP contribution in [0.1, 0.15) is 20.3 Å². The second kappa shape index (κ2) is 6.84. The summed E-state index contributed by atoms with van der Waals surface area (Å²) < 4.78 is 5.79. The van der Waals surface area contributed by atoms with Crippen molar-refractivity contribution in [3.05, 3.63) is 0 Å². The van der Waals surface area contributed by atoms with Gasteiger partial charge < -0.3 is 15.0 Å². The fourth-order valence-electron chi connectivity index (χ4n) is 1.86. The predicted molar refractivity (Wildman–Crippen MR) is 62.8 cm³/mol. The molecule has 1 heterocycles. The van der Waals surface area contributed by atoms with E-state index >= 15 is 0 Å². The molecule has 1 aliphatic rings. The lowest BCUT2D eigenvalue weighted by Gasteiger charge is -2.34. The van der Waals surface area contributed by atoms with Crippen molar-refractivity contribution in [2.75, 3.05) is 33.3 Å². The Hall–Kier alpha value is -0.560. The lowest BCUT2D eigenvalue weighted by Crippen LogP contribution is -2.51. The van der Waals surface area contributed by atoms with Crippen LogP contribution in [-0.4, -0.2) is 50.3 Å². The third-order valence-corrected chi connectivity index (χ3v) is 2.71.